The number of anilines is 1. The highest BCUT2D eigenvalue weighted by atomic mass is 32.2. The molecule has 0 unspecified atom stereocenters. The van der Waals surface area contributed by atoms with Crippen LogP contribution in [0.3, 0.4) is 0 Å². The number of amides is 2. The molecule has 0 aliphatic carbocycles. The van der Waals surface area contributed by atoms with Crippen molar-refractivity contribution >= 4 is 33.6 Å². The number of pyridine rings is 1. The van der Waals surface area contributed by atoms with E-state index >= 15 is 0 Å². The highest BCUT2D eigenvalue weighted by molar-refractivity contribution is 7.89. The third kappa shape index (κ3) is 5.56. The minimum absolute atomic E-state index is 0.0155. The maximum absolute atomic E-state index is 12.6. The van der Waals surface area contributed by atoms with Gasteiger partial charge in [-0.25, -0.2) is 18.2 Å². The molecule has 1 aromatic carbocycles. The second-order valence-corrected chi connectivity index (χ2v) is 10.8. The monoisotopic (exact) mass is 525 g/mol. The zero-order valence-electron chi connectivity index (χ0n) is 20.3. The SMILES string of the molecule is CCc1c(C#N)c(N2CC(C(=O)NS(=O)(=O)Cc3ccccc3)C2)nc(CN2CCCC2=O)c1C(=O)O. The number of nitrogens with one attached hydrogen (secondary N) is 1. The summed E-state index contributed by atoms with van der Waals surface area (Å²) in [5.74, 6) is -2.69. The van der Waals surface area contributed by atoms with Gasteiger partial charge in [0, 0.05) is 26.1 Å². The molecule has 0 atom stereocenters. The number of carbonyl (C=O) groups excluding carboxylic acids is 2. The minimum Gasteiger partial charge on any atom is -0.478 e. The van der Waals surface area contributed by atoms with Crippen LogP contribution in [0.1, 0.15) is 52.5 Å². The lowest BCUT2D eigenvalue weighted by Crippen LogP contribution is -2.55. The van der Waals surface area contributed by atoms with Crippen LogP contribution in [0.4, 0.5) is 5.82 Å². The van der Waals surface area contributed by atoms with Crippen molar-refractivity contribution in [2.45, 2.75) is 38.5 Å². The molecule has 1 aromatic heterocycles. The lowest BCUT2D eigenvalue weighted by molar-refractivity contribution is -0.128. The highest BCUT2D eigenvalue weighted by Gasteiger charge is 2.38. The lowest BCUT2D eigenvalue weighted by atomic mass is 9.94. The van der Waals surface area contributed by atoms with E-state index in [2.05, 4.69) is 15.8 Å². The second-order valence-electron chi connectivity index (χ2n) is 9.11. The fourth-order valence-corrected chi connectivity index (χ4v) is 5.85. The number of carboxylic acids is 1. The number of rotatable bonds is 9. The predicted molar refractivity (Wildman–Crippen MR) is 133 cm³/mol. The summed E-state index contributed by atoms with van der Waals surface area (Å²) in [5.41, 5.74) is 1.08. The van der Waals surface area contributed by atoms with Gasteiger partial charge in [0.25, 0.3) is 0 Å². The van der Waals surface area contributed by atoms with Crippen molar-refractivity contribution < 1.29 is 27.9 Å². The predicted octanol–water partition coefficient (Wildman–Crippen LogP) is 1.42. The largest absolute Gasteiger partial charge is 0.478 e. The van der Waals surface area contributed by atoms with Crippen LogP contribution < -0.4 is 9.62 Å². The third-order valence-corrected chi connectivity index (χ3v) is 7.78. The Labute approximate surface area is 214 Å². The molecular formula is C25H27N5O6S. The van der Waals surface area contributed by atoms with Crippen LogP contribution in [-0.4, -0.2) is 60.8 Å². The van der Waals surface area contributed by atoms with Crippen molar-refractivity contribution in [1.29, 1.82) is 5.26 Å². The number of aromatic carboxylic acids is 1. The number of carbonyl (C=O) groups is 3. The molecule has 2 aliphatic heterocycles. The molecular weight excluding hydrogens is 498 g/mol. The zero-order chi connectivity index (χ0) is 26.7. The first-order valence-electron chi connectivity index (χ1n) is 11.9. The summed E-state index contributed by atoms with van der Waals surface area (Å²) >= 11 is 0. The van der Waals surface area contributed by atoms with Crippen LogP contribution >= 0.6 is 0 Å². The van der Waals surface area contributed by atoms with Gasteiger partial charge in [0.15, 0.2) is 0 Å². The maximum Gasteiger partial charge on any atom is 0.337 e. The van der Waals surface area contributed by atoms with Gasteiger partial charge in [-0.05, 0) is 24.0 Å². The summed E-state index contributed by atoms with van der Waals surface area (Å²) in [5, 5.41) is 19.7. The average Bonchev–Trinajstić information content (AvgIpc) is 3.21. The fourth-order valence-electron chi connectivity index (χ4n) is 4.68. The van der Waals surface area contributed by atoms with Gasteiger partial charge in [-0.15, -0.1) is 0 Å². The molecule has 2 aliphatic rings. The van der Waals surface area contributed by atoms with Gasteiger partial charge in [-0.1, -0.05) is 37.3 Å². The standard InChI is InChI=1S/C25H27N5O6S/c1-2-18-19(11-26)23(27-20(22(18)25(33)34)14-29-10-6-9-21(29)31)30-12-17(13-30)24(32)28-37(35,36)15-16-7-4-3-5-8-16/h3-5,7-8,17H,2,6,9-10,12-15H2,1H3,(H,28,32)(H,33,34). The number of nitriles is 1. The van der Waals surface area contributed by atoms with Gasteiger partial charge in [-0.3, -0.25) is 14.3 Å². The Bertz CT molecular complexity index is 1380. The smallest absolute Gasteiger partial charge is 0.337 e. The van der Waals surface area contributed by atoms with E-state index in [4.69, 9.17) is 0 Å². The first kappa shape index (κ1) is 26.1. The number of likely N-dealkylation sites (tertiary alicyclic amines) is 1. The molecule has 37 heavy (non-hydrogen) atoms. The first-order valence-corrected chi connectivity index (χ1v) is 13.6. The van der Waals surface area contributed by atoms with E-state index in [1.807, 2.05) is 0 Å². The molecule has 11 nitrogen and oxygen atoms in total. The van der Waals surface area contributed by atoms with Crippen LogP contribution in [0.25, 0.3) is 0 Å². The van der Waals surface area contributed by atoms with Crippen molar-refractivity contribution in [3.05, 3.63) is 58.3 Å². The molecule has 2 aromatic rings. The third-order valence-electron chi connectivity index (χ3n) is 6.56. The topological polar surface area (TPSA) is 161 Å². The maximum atomic E-state index is 12.6. The van der Waals surface area contributed by atoms with Gasteiger partial charge in [0.1, 0.15) is 11.9 Å². The molecule has 194 valence electrons. The molecule has 0 radical (unpaired) electrons. The van der Waals surface area contributed by atoms with Crippen molar-refractivity contribution in [1.82, 2.24) is 14.6 Å². The highest BCUT2D eigenvalue weighted by Crippen LogP contribution is 2.32. The summed E-state index contributed by atoms with van der Waals surface area (Å²) in [7, 11) is -3.89. The molecule has 2 amide bonds. The number of hydrogen-bond donors (Lipinski definition) is 2. The zero-order valence-corrected chi connectivity index (χ0v) is 21.1. The molecule has 2 N–H and O–H groups in total. The molecule has 0 spiro atoms. The summed E-state index contributed by atoms with van der Waals surface area (Å²) in [4.78, 5) is 44.6. The van der Waals surface area contributed by atoms with Crippen LogP contribution in [0.15, 0.2) is 30.3 Å². The molecule has 3 heterocycles. The Balaban J connectivity index is 1.54. The molecule has 0 saturated carbocycles. The van der Waals surface area contributed by atoms with Gasteiger partial charge in [0.2, 0.25) is 21.8 Å². The number of sulfonamides is 1. The van der Waals surface area contributed by atoms with Crippen LogP contribution in [0, 0.1) is 17.2 Å². The Morgan fingerprint density at radius 2 is 1.95 bits per heavy atom. The van der Waals surface area contributed by atoms with Crippen LogP contribution in [-0.2, 0) is 38.3 Å². The van der Waals surface area contributed by atoms with Gasteiger partial charge >= 0.3 is 5.97 Å². The number of carboxylic acid groups (broad SMARTS) is 1. The normalized spacial score (nSPS) is 15.8. The van der Waals surface area contributed by atoms with Crippen molar-refractivity contribution in [2.24, 2.45) is 5.92 Å². The summed E-state index contributed by atoms with van der Waals surface area (Å²) in [6.45, 7) is 2.49. The number of hydrogen-bond acceptors (Lipinski definition) is 8. The van der Waals surface area contributed by atoms with Gasteiger partial charge in [-0.2, -0.15) is 5.26 Å². The summed E-state index contributed by atoms with van der Waals surface area (Å²) < 4.78 is 27.0. The first-order chi connectivity index (χ1) is 17.6. The van der Waals surface area contributed by atoms with Gasteiger partial charge in [0.05, 0.1) is 35.0 Å². The lowest BCUT2D eigenvalue weighted by Gasteiger charge is -2.40. The Kier molecular flexibility index (Phi) is 7.45. The molecule has 0 bridgehead atoms. The van der Waals surface area contributed by atoms with E-state index in [-0.39, 0.29) is 60.4 Å². The van der Waals surface area contributed by atoms with Crippen molar-refractivity contribution in [3.8, 4) is 6.07 Å². The molecule has 12 heteroatoms. The fraction of sp³-hybridized carbons (Fsp3) is 0.400. The number of aromatic nitrogens is 1. The Morgan fingerprint density at radius 1 is 1.24 bits per heavy atom. The van der Waals surface area contributed by atoms with E-state index in [9.17, 15) is 33.2 Å². The number of benzene rings is 1. The summed E-state index contributed by atoms with van der Waals surface area (Å²) in [6, 6.07) is 10.6. The quantitative estimate of drug-likeness (QED) is 0.493. The Morgan fingerprint density at radius 3 is 2.51 bits per heavy atom. The van der Waals surface area contributed by atoms with E-state index in [1.54, 1.807) is 47.1 Å². The van der Waals surface area contributed by atoms with Crippen LogP contribution in [0.2, 0.25) is 0 Å². The molecule has 2 saturated heterocycles. The van der Waals surface area contributed by atoms with Crippen LogP contribution in [0.5, 0.6) is 0 Å². The Hall–Kier alpha value is -3.98. The molecule has 2 fully saturated rings. The van der Waals surface area contributed by atoms with E-state index in [0.717, 1.165) is 0 Å². The van der Waals surface area contributed by atoms with Crippen molar-refractivity contribution in [2.75, 3.05) is 24.5 Å². The number of nitrogens with zero attached hydrogens (tertiary/aromatic N) is 4. The molecule has 4 rings (SSSR count). The van der Waals surface area contributed by atoms with E-state index < -0.39 is 27.8 Å². The second kappa shape index (κ2) is 10.6. The van der Waals surface area contributed by atoms with Gasteiger partial charge < -0.3 is 14.9 Å². The van der Waals surface area contributed by atoms with Crippen molar-refractivity contribution in [3.63, 3.8) is 0 Å². The minimum atomic E-state index is -3.89. The van der Waals surface area contributed by atoms with E-state index in [0.29, 0.717) is 30.5 Å². The summed E-state index contributed by atoms with van der Waals surface area (Å²) in [6.07, 6.45) is 1.33. The van der Waals surface area contributed by atoms with E-state index in [1.165, 1.54) is 0 Å². The average molecular weight is 526 g/mol.